The maximum absolute atomic E-state index is 4.80. The van der Waals surface area contributed by atoms with Gasteiger partial charge in [0.1, 0.15) is 5.76 Å². The van der Waals surface area contributed by atoms with Crippen LogP contribution in [0.1, 0.15) is 11.3 Å². The summed E-state index contributed by atoms with van der Waals surface area (Å²) in [6.45, 7) is 5.46. The molecule has 1 rings (SSSR count). The van der Waals surface area contributed by atoms with Crippen molar-refractivity contribution >= 4 is 0 Å². The zero-order valence-corrected chi connectivity index (χ0v) is 5.47. The van der Waals surface area contributed by atoms with Crippen molar-refractivity contribution in [3.8, 4) is 5.88 Å². The quantitative estimate of drug-likeness (QED) is 0.566. The third-order valence-corrected chi connectivity index (χ3v) is 1.14. The number of ether oxygens (including phenoxy) is 1. The molecule has 1 aromatic heterocycles. The molecule has 1 heterocycles. The van der Waals surface area contributed by atoms with Gasteiger partial charge in [0, 0.05) is 0 Å². The van der Waals surface area contributed by atoms with Gasteiger partial charge in [0.15, 0.2) is 0 Å². The molecule has 0 N–H and O–H groups in total. The zero-order chi connectivity index (χ0) is 6.85. The maximum atomic E-state index is 4.80. The molecule has 49 valence electrons. The fourth-order valence-electron chi connectivity index (χ4n) is 0.531. The summed E-state index contributed by atoms with van der Waals surface area (Å²) in [5.74, 6) is 1.17. The van der Waals surface area contributed by atoms with Crippen LogP contribution in [0.5, 0.6) is 5.88 Å². The van der Waals surface area contributed by atoms with E-state index in [-0.39, 0.29) is 0 Å². The zero-order valence-electron chi connectivity index (χ0n) is 5.47. The molecule has 9 heavy (non-hydrogen) atoms. The monoisotopic (exact) mass is 126 g/mol. The van der Waals surface area contributed by atoms with E-state index in [4.69, 9.17) is 9.26 Å². The lowest BCUT2D eigenvalue weighted by Crippen LogP contribution is -1.83. The van der Waals surface area contributed by atoms with Crippen LogP contribution in [0.25, 0.3) is 0 Å². The summed E-state index contributed by atoms with van der Waals surface area (Å²) < 4.78 is 9.55. The van der Waals surface area contributed by atoms with Crippen molar-refractivity contribution in [1.29, 1.82) is 0 Å². The summed E-state index contributed by atoms with van der Waals surface area (Å²) in [5.41, 5.74) is 0.720. The van der Waals surface area contributed by atoms with E-state index in [9.17, 15) is 0 Å². The van der Waals surface area contributed by atoms with Crippen molar-refractivity contribution in [1.82, 2.24) is 5.16 Å². The fourth-order valence-corrected chi connectivity index (χ4v) is 0.531. The van der Waals surface area contributed by atoms with E-state index in [1.54, 1.807) is 6.92 Å². The minimum atomic E-state index is 0.465. The second-order valence-corrected chi connectivity index (χ2v) is 1.73. The molecule has 1 aromatic rings. The van der Waals surface area contributed by atoms with E-state index in [1.807, 2.05) is 0 Å². The van der Waals surface area contributed by atoms with Crippen LogP contribution >= 0.6 is 0 Å². The smallest absolute Gasteiger partial charge is 0.257 e. The molecule has 0 bridgehead atoms. The first-order chi connectivity index (χ1) is 4.25. The van der Waals surface area contributed by atoms with Gasteiger partial charge in [-0.25, -0.2) is 0 Å². The normalized spacial score (nSPS) is 9.67. The summed E-state index contributed by atoms with van der Waals surface area (Å²) in [4.78, 5) is 0. The predicted octanol–water partition coefficient (Wildman–Crippen LogP) is 1.17. The van der Waals surface area contributed by atoms with Crippen LogP contribution in [-0.2, 0) is 0 Å². The summed E-state index contributed by atoms with van der Waals surface area (Å²) in [6, 6.07) is 0. The van der Waals surface area contributed by atoms with Crippen molar-refractivity contribution in [3.63, 3.8) is 0 Å². The Morgan fingerprint density at radius 1 is 1.67 bits per heavy atom. The molecule has 0 aromatic carbocycles. The number of nitrogens with zero attached hydrogens (tertiary/aromatic N) is 1. The highest BCUT2D eigenvalue weighted by Gasteiger charge is 2.05. The third-order valence-electron chi connectivity index (χ3n) is 1.14. The van der Waals surface area contributed by atoms with Gasteiger partial charge >= 0.3 is 0 Å². The second-order valence-electron chi connectivity index (χ2n) is 1.73. The minimum absolute atomic E-state index is 0.465. The average molecular weight is 126 g/mol. The molecule has 0 fully saturated rings. The average Bonchev–Trinajstić information content (AvgIpc) is 2.15. The lowest BCUT2D eigenvalue weighted by atomic mass is 10.3. The number of aryl methyl sites for hydroxylation is 1. The molecular formula is C6H8NO2. The molecule has 0 aliphatic carbocycles. The Bertz CT molecular complexity index is 205. The minimum Gasteiger partial charge on any atom is -0.479 e. The van der Waals surface area contributed by atoms with Crippen LogP contribution < -0.4 is 4.74 Å². The predicted molar refractivity (Wildman–Crippen MR) is 32.3 cm³/mol. The van der Waals surface area contributed by atoms with E-state index in [2.05, 4.69) is 12.1 Å². The molecule has 3 heteroatoms. The maximum Gasteiger partial charge on any atom is 0.257 e. The molecule has 0 aliphatic heterocycles. The van der Waals surface area contributed by atoms with Crippen LogP contribution in [0.4, 0.5) is 0 Å². The highest BCUT2D eigenvalue weighted by Crippen LogP contribution is 2.17. The topological polar surface area (TPSA) is 35.3 Å². The van der Waals surface area contributed by atoms with Crippen LogP contribution in [0, 0.1) is 13.8 Å². The van der Waals surface area contributed by atoms with Gasteiger partial charge in [-0.15, -0.1) is 0 Å². The van der Waals surface area contributed by atoms with Crippen LogP contribution in [-0.4, -0.2) is 12.3 Å². The van der Waals surface area contributed by atoms with Crippen molar-refractivity contribution in [2.24, 2.45) is 0 Å². The van der Waals surface area contributed by atoms with Crippen molar-refractivity contribution in [3.05, 3.63) is 18.2 Å². The largest absolute Gasteiger partial charge is 0.479 e. The first-order valence-electron chi connectivity index (χ1n) is 2.58. The summed E-state index contributed by atoms with van der Waals surface area (Å²) in [7, 11) is 1.53. The summed E-state index contributed by atoms with van der Waals surface area (Å²) in [5, 5.41) is 3.57. The van der Waals surface area contributed by atoms with Gasteiger partial charge in [0.05, 0.1) is 12.7 Å². The van der Waals surface area contributed by atoms with E-state index in [0.717, 1.165) is 5.56 Å². The van der Waals surface area contributed by atoms with Gasteiger partial charge in [-0.2, -0.15) is 0 Å². The summed E-state index contributed by atoms with van der Waals surface area (Å²) in [6.07, 6.45) is 0. The van der Waals surface area contributed by atoms with Crippen molar-refractivity contribution in [2.45, 2.75) is 6.92 Å². The lowest BCUT2D eigenvalue weighted by molar-refractivity contribution is 0.331. The molecular weight excluding hydrogens is 118 g/mol. The highest BCUT2D eigenvalue weighted by molar-refractivity contribution is 5.29. The fraction of sp³-hybridized carbons (Fsp3) is 0.333. The van der Waals surface area contributed by atoms with Crippen LogP contribution in [0.2, 0.25) is 0 Å². The Morgan fingerprint density at radius 3 is 2.56 bits per heavy atom. The Kier molecular flexibility index (Phi) is 1.42. The van der Waals surface area contributed by atoms with Gasteiger partial charge in [-0.3, -0.25) is 0 Å². The highest BCUT2D eigenvalue weighted by atomic mass is 16.5. The van der Waals surface area contributed by atoms with Gasteiger partial charge in [0.25, 0.3) is 5.88 Å². The van der Waals surface area contributed by atoms with Crippen LogP contribution in [0.15, 0.2) is 4.52 Å². The van der Waals surface area contributed by atoms with Gasteiger partial charge in [0.2, 0.25) is 0 Å². The van der Waals surface area contributed by atoms with Crippen molar-refractivity contribution < 1.29 is 9.26 Å². The van der Waals surface area contributed by atoms with Crippen molar-refractivity contribution in [2.75, 3.05) is 7.11 Å². The van der Waals surface area contributed by atoms with Gasteiger partial charge in [-0.05, 0) is 19.0 Å². The molecule has 0 amide bonds. The van der Waals surface area contributed by atoms with E-state index >= 15 is 0 Å². The Morgan fingerprint density at radius 2 is 2.33 bits per heavy atom. The first kappa shape index (κ1) is 6.13. The molecule has 0 unspecified atom stereocenters. The van der Waals surface area contributed by atoms with Crippen LogP contribution in [0.3, 0.4) is 0 Å². The van der Waals surface area contributed by atoms with Gasteiger partial charge in [-0.1, -0.05) is 0 Å². The number of methoxy groups -OCH3 is 1. The number of rotatable bonds is 1. The van der Waals surface area contributed by atoms with E-state index in [1.165, 1.54) is 7.11 Å². The number of hydrogen-bond acceptors (Lipinski definition) is 3. The molecule has 0 atom stereocenters. The Balaban J connectivity index is 3.04. The number of aromatic nitrogens is 1. The molecule has 0 saturated carbocycles. The van der Waals surface area contributed by atoms with E-state index in [0.29, 0.717) is 11.6 Å². The lowest BCUT2D eigenvalue weighted by Gasteiger charge is -1.89. The molecule has 1 radical (unpaired) electrons. The third kappa shape index (κ3) is 0.896. The summed E-state index contributed by atoms with van der Waals surface area (Å²) >= 11 is 0. The Hall–Kier alpha value is -0.990. The molecule has 3 nitrogen and oxygen atoms in total. The second kappa shape index (κ2) is 2.09. The molecule has 0 saturated heterocycles. The Labute approximate surface area is 53.6 Å². The van der Waals surface area contributed by atoms with Gasteiger partial charge < -0.3 is 9.26 Å². The SMILES string of the molecule is [CH2]c1c(OC)noc1C. The molecule has 0 aliphatic rings. The van der Waals surface area contributed by atoms with E-state index < -0.39 is 0 Å². The molecule has 0 spiro atoms. The first-order valence-corrected chi connectivity index (χ1v) is 2.58. The standard InChI is InChI=1S/C6H8NO2/c1-4-5(2)9-7-6(4)8-3/h1H2,2-3H3. The number of hydrogen-bond donors (Lipinski definition) is 0.